The van der Waals surface area contributed by atoms with Gasteiger partial charge in [-0.2, -0.15) is 10.1 Å². The lowest BCUT2D eigenvalue weighted by molar-refractivity contribution is 0.338. The number of aryl methyl sites for hydroxylation is 1. The predicted molar refractivity (Wildman–Crippen MR) is 138 cm³/mol. The Kier molecular flexibility index (Phi) is 8.21. The van der Waals surface area contributed by atoms with Crippen LogP contribution in [0.1, 0.15) is 75.1 Å². The highest BCUT2D eigenvalue weighted by Crippen LogP contribution is 2.28. The number of rotatable bonds is 13. The molecule has 1 aliphatic carbocycles. The summed E-state index contributed by atoms with van der Waals surface area (Å²) in [7, 11) is 1.73. The van der Waals surface area contributed by atoms with Gasteiger partial charge in [-0.05, 0) is 37.8 Å². The Labute approximate surface area is 202 Å². The van der Waals surface area contributed by atoms with Crippen LogP contribution in [0.15, 0.2) is 18.2 Å². The molecule has 2 heterocycles. The van der Waals surface area contributed by atoms with E-state index in [0.29, 0.717) is 12.6 Å². The van der Waals surface area contributed by atoms with Crippen molar-refractivity contribution in [2.45, 2.75) is 84.3 Å². The van der Waals surface area contributed by atoms with Crippen molar-refractivity contribution in [2.24, 2.45) is 0 Å². The van der Waals surface area contributed by atoms with E-state index < -0.39 is 0 Å². The molecule has 0 aliphatic heterocycles. The molecule has 8 heteroatoms. The molecule has 1 fully saturated rings. The van der Waals surface area contributed by atoms with Crippen LogP contribution in [0, 0.1) is 6.92 Å². The van der Waals surface area contributed by atoms with Crippen LogP contribution in [0.3, 0.4) is 0 Å². The van der Waals surface area contributed by atoms with E-state index in [9.17, 15) is 0 Å². The van der Waals surface area contributed by atoms with Gasteiger partial charge in [-0.15, -0.1) is 0 Å². The summed E-state index contributed by atoms with van der Waals surface area (Å²) in [5, 5.41) is 11.9. The summed E-state index contributed by atoms with van der Waals surface area (Å²) >= 11 is 0. The second kappa shape index (κ2) is 11.5. The maximum Gasteiger partial charge on any atom is 0.222 e. The third-order valence-electron chi connectivity index (χ3n) is 6.72. The van der Waals surface area contributed by atoms with E-state index in [1.807, 2.05) is 11.6 Å². The number of unbranched alkanes of at least 4 members (excludes halogenated alkanes) is 4. The van der Waals surface area contributed by atoms with E-state index in [1.54, 1.807) is 7.11 Å². The monoisotopic (exact) mass is 465 g/mol. The second-order valence-corrected chi connectivity index (χ2v) is 9.37. The molecule has 3 aromatic rings. The van der Waals surface area contributed by atoms with Gasteiger partial charge in [-0.25, -0.2) is 4.98 Å². The van der Waals surface area contributed by atoms with Crippen molar-refractivity contribution in [3.8, 4) is 5.75 Å². The Bertz CT molecular complexity index is 1090. The van der Waals surface area contributed by atoms with Crippen molar-refractivity contribution in [1.29, 1.82) is 0 Å². The molecule has 0 spiro atoms. The summed E-state index contributed by atoms with van der Waals surface area (Å²) in [6, 6.07) is 7.10. The third kappa shape index (κ3) is 5.78. The number of fused-ring (bicyclic) bond motifs is 1. The number of aromatic nitrogens is 4. The molecule has 0 radical (unpaired) electrons. The molecule has 2 aromatic heterocycles. The van der Waals surface area contributed by atoms with Gasteiger partial charge in [0.25, 0.3) is 0 Å². The lowest BCUT2D eigenvalue weighted by Gasteiger charge is -2.26. The van der Waals surface area contributed by atoms with Crippen LogP contribution < -0.4 is 21.1 Å². The second-order valence-electron chi connectivity index (χ2n) is 9.37. The summed E-state index contributed by atoms with van der Waals surface area (Å²) in [5.41, 5.74) is 10.9. The van der Waals surface area contributed by atoms with Crippen LogP contribution in [0.5, 0.6) is 5.75 Å². The van der Waals surface area contributed by atoms with Gasteiger partial charge >= 0.3 is 0 Å². The molecule has 1 saturated carbocycles. The molecule has 184 valence electrons. The van der Waals surface area contributed by atoms with Crippen molar-refractivity contribution in [2.75, 3.05) is 24.7 Å². The highest BCUT2D eigenvalue weighted by atomic mass is 16.5. The van der Waals surface area contributed by atoms with Crippen LogP contribution in [0.25, 0.3) is 11.0 Å². The van der Waals surface area contributed by atoms with E-state index in [-0.39, 0.29) is 5.95 Å². The van der Waals surface area contributed by atoms with Gasteiger partial charge in [0.2, 0.25) is 5.95 Å². The minimum atomic E-state index is 0.268. The normalized spacial score (nSPS) is 13.9. The first kappa shape index (κ1) is 24.3. The van der Waals surface area contributed by atoms with Crippen LogP contribution in [0.2, 0.25) is 0 Å². The van der Waals surface area contributed by atoms with E-state index >= 15 is 0 Å². The summed E-state index contributed by atoms with van der Waals surface area (Å²) in [5.74, 6) is 1.89. The molecular formula is C26H39N7O. The van der Waals surface area contributed by atoms with Crippen molar-refractivity contribution in [3.05, 3.63) is 35.0 Å². The Morgan fingerprint density at radius 2 is 1.97 bits per heavy atom. The number of hydrogen-bond donors (Lipinski definition) is 3. The van der Waals surface area contributed by atoms with Gasteiger partial charge in [0, 0.05) is 24.7 Å². The third-order valence-corrected chi connectivity index (χ3v) is 6.72. The predicted octanol–water partition coefficient (Wildman–Crippen LogP) is 4.80. The van der Waals surface area contributed by atoms with E-state index in [4.69, 9.17) is 15.6 Å². The quantitative estimate of drug-likeness (QED) is 0.312. The number of anilines is 2. The first-order chi connectivity index (χ1) is 16.6. The molecule has 0 unspecified atom stereocenters. The zero-order valence-corrected chi connectivity index (χ0v) is 20.9. The fourth-order valence-corrected chi connectivity index (χ4v) is 4.49. The van der Waals surface area contributed by atoms with Crippen LogP contribution in [-0.4, -0.2) is 39.4 Å². The zero-order chi connectivity index (χ0) is 23.9. The van der Waals surface area contributed by atoms with Crippen molar-refractivity contribution >= 4 is 22.8 Å². The number of methoxy groups -OCH3 is 1. The average molecular weight is 466 g/mol. The van der Waals surface area contributed by atoms with Gasteiger partial charge in [0.05, 0.1) is 19.3 Å². The molecule has 0 atom stereocenters. The molecule has 4 N–H and O–H groups in total. The Hall–Kier alpha value is -2.87. The SMILES string of the molecule is CCCCCCCNc1nc(N)nc2c(C)nn(Cc3ccc(CNC4CCC4)cc3OC)c12. The van der Waals surface area contributed by atoms with Crippen LogP contribution in [-0.2, 0) is 13.1 Å². The van der Waals surface area contributed by atoms with E-state index in [1.165, 1.54) is 50.5 Å². The van der Waals surface area contributed by atoms with Gasteiger partial charge in [-0.1, -0.05) is 51.2 Å². The van der Waals surface area contributed by atoms with E-state index in [0.717, 1.165) is 53.4 Å². The molecule has 8 nitrogen and oxygen atoms in total. The Balaban J connectivity index is 1.52. The minimum absolute atomic E-state index is 0.268. The molecule has 0 amide bonds. The number of ether oxygens (including phenoxy) is 1. The van der Waals surface area contributed by atoms with Crippen LogP contribution in [0.4, 0.5) is 11.8 Å². The van der Waals surface area contributed by atoms with Crippen molar-refractivity contribution in [3.63, 3.8) is 0 Å². The number of nitrogens with two attached hydrogens (primary N) is 1. The zero-order valence-electron chi connectivity index (χ0n) is 20.9. The van der Waals surface area contributed by atoms with Crippen LogP contribution >= 0.6 is 0 Å². The molecule has 34 heavy (non-hydrogen) atoms. The fourth-order valence-electron chi connectivity index (χ4n) is 4.49. The Morgan fingerprint density at radius 1 is 1.15 bits per heavy atom. The molecule has 1 aromatic carbocycles. The summed E-state index contributed by atoms with van der Waals surface area (Å²) in [4.78, 5) is 9.00. The van der Waals surface area contributed by atoms with Gasteiger partial charge in [0.1, 0.15) is 16.8 Å². The fraction of sp³-hybridized carbons (Fsp3) is 0.577. The number of benzene rings is 1. The number of nitrogens with zero attached hydrogens (tertiary/aromatic N) is 4. The summed E-state index contributed by atoms with van der Waals surface area (Å²) < 4.78 is 7.72. The summed E-state index contributed by atoms with van der Waals surface area (Å²) in [6.45, 7) is 6.49. The van der Waals surface area contributed by atoms with Crippen molar-refractivity contribution < 1.29 is 4.74 Å². The number of nitrogens with one attached hydrogen (secondary N) is 2. The van der Waals surface area contributed by atoms with Gasteiger partial charge < -0.3 is 21.1 Å². The van der Waals surface area contributed by atoms with Crippen molar-refractivity contribution in [1.82, 2.24) is 25.1 Å². The molecule has 0 bridgehead atoms. The lowest BCUT2D eigenvalue weighted by atomic mass is 9.93. The largest absolute Gasteiger partial charge is 0.496 e. The smallest absolute Gasteiger partial charge is 0.222 e. The Morgan fingerprint density at radius 3 is 2.71 bits per heavy atom. The molecule has 1 aliphatic rings. The molecule has 4 rings (SSSR count). The lowest BCUT2D eigenvalue weighted by Crippen LogP contribution is -2.34. The average Bonchev–Trinajstić information content (AvgIpc) is 3.10. The summed E-state index contributed by atoms with van der Waals surface area (Å²) in [6.07, 6.45) is 10.0. The maximum absolute atomic E-state index is 6.03. The first-order valence-corrected chi connectivity index (χ1v) is 12.7. The number of nitrogen functional groups attached to an aromatic ring is 1. The van der Waals surface area contributed by atoms with Gasteiger partial charge in [0.15, 0.2) is 5.82 Å². The maximum atomic E-state index is 6.03. The highest BCUT2D eigenvalue weighted by molar-refractivity contribution is 5.88. The molecular weight excluding hydrogens is 426 g/mol. The molecule has 0 saturated heterocycles. The minimum Gasteiger partial charge on any atom is -0.496 e. The van der Waals surface area contributed by atoms with E-state index in [2.05, 4.69) is 45.7 Å². The first-order valence-electron chi connectivity index (χ1n) is 12.7. The van der Waals surface area contributed by atoms with Gasteiger partial charge in [-0.3, -0.25) is 4.68 Å². The highest BCUT2D eigenvalue weighted by Gasteiger charge is 2.19. The topological polar surface area (TPSA) is 103 Å². The standard InChI is InChI=1S/C26H39N7O/c1-4-5-6-7-8-14-28-25-24-23(30-26(27)31-25)18(2)32-33(24)17-20-13-12-19(15-22(20)34-3)16-29-21-10-9-11-21/h12-13,15,21,29H,4-11,14,16-17H2,1-3H3,(H3,27,28,30,31). The number of hydrogen-bond acceptors (Lipinski definition) is 7.